The van der Waals surface area contributed by atoms with Gasteiger partial charge in [0.15, 0.2) is 6.29 Å². The van der Waals surface area contributed by atoms with Gasteiger partial charge < -0.3 is 4.74 Å². The van der Waals surface area contributed by atoms with E-state index < -0.39 is 4.33 Å². The molecule has 2 aliphatic rings. The Labute approximate surface area is 138 Å². The average Bonchev–Trinajstić information content (AvgIpc) is 3.06. The molecule has 0 N–H and O–H groups in total. The van der Waals surface area contributed by atoms with Crippen molar-refractivity contribution < 1.29 is 9.53 Å². The molecule has 21 heavy (non-hydrogen) atoms. The van der Waals surface area contributed by atoms with Gasteiger partial charge in [0.25, 0.3) is 0 Å². The van der Waals surface area contributed by atoms with E-state index in [1.54, 1.807) is 0 Å². The Bertz CT molecular complexity index is 320. The quantitative estimate of drug-likeness (QED) is 0.392. The summed E-state index contributed by atoms with van der Waals surface area (Å²) >= 11 is 12.7. The van der Waals surface area contributed by atoms with Gasteiger partial charge in [0.1, 0.15) is 4.33 Å². The molecule has 2 aliphatic carbocycles. The van der Waals surface area contributed by atoms with E-state index in [4.69, 9.17) is 27.9 Å². The smallest absolute Gasteiger partial charge is 0.198 e. The van der Waals surface area contributed by atoms with E-state index in [0.29, 0.717) is 12.5 Å². The first kappa shape index (κ1) is 17.6. The summed E-state index contributed by atoms with van der Waals surface area (Å²) in [5, 5.41) is 0. The van der Waals surface area contributed by atoms with E-state index >= 15 is 0 Å². The molecule has 0 amide bonds. The van der Waals surface area contributed by atoms with E-state index in [2.05, 4.69) is 6.42 Å². The number of unbranched alkanes of at least 4 members (excludes halogenated alkanes) is 3. The molecule has 0 aromatic rings. The van der Waals surface area contributed by atoms with Crippen LogP contribution in [0.5, 0.6) is 0 Å². The van der Waals surface area contributed by atoms with Gasteiger partial charge >= 0.3 is 0 Å². The van der Waals surface area contributed by atoms with Crippen molar-refractivity contribution in [2.24, 2.45) is 11.8 Å². The monoisotopic (exact) mass is 332 g/mol. The Morgan fingerprint density at radius 1 is 1.14 bits per heavy atom. The lowest BCUT2D eigenvalue weighted by atomic mass is 9.98. The van der Waals surface area contributed by atoms with E-state index in [0.717, 1.165) is 57.0 Å². The summed E-state index contributed by atoms with van der Waals surface area (Å²) in [5.41, 5.74) is 0. The minimum atomic E-state index is -0.642. The van der Waals surface area contributed by atoms with Crippen molar-refractivity contribution >= 4 is 29.5 Å². The maximum absolute atomic E-state index is 10.1. The van der Waals surface area contributed by atoms with Crippen LogP contribution < -0.4 is 0 Å². The van der Waals surface area contributed by atoms with Crippen molar-refractivity contribution in [2.75, 3.05) is 6.61 Å². The van der Waals surface area contributed by atoms with Gasteiger partial charge in [0.2, 0.25) is 0 Å². The lowest BCUT2D eigenvalue weighted by molar-refractivity contribution is 0.0196. The Hall–Kier alpha value is 0.210. The molecule has 2 bridgehead atoms. The molecule has 0 aromatic carbocycles. The Kier molecular flexibility index (Phi) is 7.31. The van der Waals surface area contributed by atoms with Crippen molar-refractivity contribution in [3.05, 3.63) is 6.42 Å². The van der Waals surface area contributed by atoms with Crippen molar-refractivity contribution in [3.8, 4) is 0 Å². The molecular weight excluding hydrogens is 307 g/mol. The largest absolute Gasteiger partial charge is 0.378 e. The molecule has 0 heterocycles. The standard InChI is InChI=1S/C17H26Cl2O2/c18-17(19,8-3-1-2-4-10-20)9-5-11-21-16-13-14-6-7-15(16)12-14/h6,14-16H,1-5,7-9,11-13H2. The molecular formula is C17H26Cl2O2. The summed E-state index contributed by atoms with van der Waals surface area (Å²) < 4.78 is 5.37. The predicted molar refractivity (Wildman–Crippen MR) is 87.3 cm³/mol. The zero-order chi connectivity index (χ0) is 15.1. The first-order chi connectivity index (χ1) is 10.1. The van der Waals surface area contributed by atoms with Gasteiger partial charge in [-0.1, -0.05) is 12.8 Å². The fourth-order valence-corrected chi connectivity index (χ4v) is 4.12. The fraction of sp³-hybridized carbons (Fsp3) is 0.882. The van der Waals surface area contributed by atoms with Gasteiger partial charge in [-0.05, 0) is 63.2 Å². The lowest BCUT2D eigenvalue weighted by Gasteiger charge is -2.23. The zero-order valence-electron chi connectivity index (χ0n) is 12.7. The average molecular weight is 333 g/mol. The van der Waals surface area contributed by atoms with Crippen LogP contribution in [0.4, 0.5) is 0 Å². The van der Waals surface area contributed by atoms with E-state index in [9.17, 15) is 4.79 Å². The second kappa shape index (κ2) is 8.74. The highest BCUT2D eigenvalue weighted by Crippen LogP contribution is 2.45. The number of fused-ring (bicyclic) bond motifs is 2. The number of rotatable bonds is 11. The fourth-order valence-electron chi connectivity index (χ4n) is 3.59. The Morgan fingerprint density at radius 3 is 2.62 bits per heavy atom. The molecule has 2 saturated carbocycles. The van der Waals surface area contributed by atoms with E-state index in [1.807, 2.05) is 6.29 Å². The molecule has 4 heteroatoms. The van der Waals surface area contributed by atoms with Crippen molar-refractivity contribution in [2.45, 2.75) is 74.6 Å². The van der Waals surface area contributed by atoms with Gasteiger partial charge in [-0.15, -0.1) is 23.2 Å². The molecule has 0 saturated heterocycles. The normalized spacial score (nSPS) is 28.2. The summed E-state index contributed by atoms with van der Waals surface area (Å²) in [4.78, 5) is 10.1. The molecule has 0 spiro atoms. The van der Waals surface area contributed by atoms with Crippen LogP contribution in [0.1, 0.15) is 64.2 Å². The van der Waals surface area contributed by atoms with Crippen LogP contribution in [0.25, 0.3) is 0 Å². The maximum atomic E-state index is 10.1. The molecule has 0 aliphatic heterocycles. The number of ether oxygens (including phenoxy) is 1. The van der Waals surface area contributed by atoms with Gasteiger partial charge in [0.05, 0.1) is 6.10 Å². The van der Waals surface area contributed by atoms with Crippen molar-refractivity contribution in [1.82, 2.24) is 0 Å². The topological polar surface area (TPSA) is 26.3 Å². The lowest BCUT2D eigenvalue weighted by Crippen LogP contribution is -2.22. The molecule has 2 rings (SSSR count). The van der Waals surface area contributed by atoms with Crippen molar-refractivity contribution in [3.63, 3.8) is 0 Å². The molecule has 3 atom stereocenters. The Morgan fingerprint density at radius 2 is 1.95 bits per heavy atom. The summed E-state index contributed by atoms with van der Waals surface area (Å²) in [6.45, 7) is 0.773. The first-order valence-electron chi connectivity index (χ1n) is 8.28. The highest BCUT2D eigenvalue weighted by Gasteiger charge is 2.40. The van der Waals surface area contributed by atoms with Crippen LogP contribution in [0, 0.1) is 18.3 Å². The highest BCUT2D eigenvalue weighted by atomic mass is 35.5. The van der Waals surface area contributed by atoms with Crippen LogP contribution >= 0.6 is 23.2 Å². The zero-order valence-corrected chi connectivity index (χ0v) is 14.2. The van der Waals surface area contributed by atoms with E-state index in [1.165, 1.54) is 19.3 Å². The molecule has 2 nitrogen and oxygen atoms in total. The predicted octanol–water partition coefficient (Wildman–Crippen LogP) is 5.02. The summed E-state index contributed by atoms with van der Waals surface area (Å²) in [6.07, 6.45) is 14.5. The third-order valence-corrected chi connectivity index (χ3v) is 5.53. The molecule has 2 radical (unpaired) electrons. The first-order valence-corrected chi connectivity index (χ1v) is 9.04. The van der Waals surface area contributed by atoms with Crippen LogP contribution in [0.2, 0.25) is 0 Å². The van der Waals surface area contributed by atoms with Gasteiger partial charge in [-0.3, -0.25) is 4.79 Å². The third kappa shape index (κ3) is 6.08. The number of hydrogen-bond donors (Lipinski definition) is 0. The SMILES string of the molecule is O=[C]CCCCCC(Cl)(Cl)CCCOC1CC2[CH]CC1C2. The molecule has 120 valence electrons. The summed E-state index contributed by atoms with van der Waals surface area (Å²) in [7, 11) is 0. The highest BCUT2D eigenvalue weighted by molar-refractivity contribution is 6.48. The number of hydrogen-bond acceptors (Lipinski definition) is 2. The molecule has 2 fully saturated rings. The molecule has 0 aromatic heterocycles. The minimum Gasteiger partial charge on any atom is -0.378 e. The van der Waals surface area contributed by atoms with Gasteiger partial charge in [-0.2, -0.15) is 0 Å². The van der Waals surface area contributed by atoms with Crippen LogP contribution in [0.3, 0.4) is 0 Å². The van der Waals surface area contributed by atoms with Crippen LogP contribution in [-0.2, 0) is 9.53 Å². The van der Waals surface area contributed by atoms with Crippen molar-refractivity contribution in [1.29, 1.82) is 0 Å². The van der Waals surface area contributed by atoms with Crippen LogP contribution in [-0.4, -0.2) is 23.3 Å². The van der Waals surface area contributed by atoms with Gasteiger partial charge in [-0.25, -0.2) is 0 Å². The Balaban J connectivity index is 1.49. The number of carbonyl (C=O) groups excluding carboxylic acids is 1. The maximum Gasteiger partial charge on any atom is 0.198 e. The summed E-state index contributed by atoms with van der Waals surface area (Å²) in [5.74, 6) is 1.57. The molecule has 3 unspecified atom stereocenters. The second-order valence-corrected chi connectivity index (χ2v) is 8.18. The second-order valence-electron chi connectivity index (χ2n) is 6.54. The summed E-state index contributed by atoms with van der Waals surface area (Å²) in [6, 6.07) is 0. The van der Waals surface area contributed by atoms with E-state index in [-0.39, 0.29) is 0 Å². The number of halogens is 2. The third-order valence-electron chi connectivity index (χ3n) is 4.78. The van der Waals surface area contributed by atoms with Crippen LogP contribution in [0.15, 0.2) is 0 Å². The number of alkyl halides is 2. The minimum absolute atomic E-state index is 0.472. The van der Waals surface area contributed by atoms with Gasteiger partial charge in [0, 0.05) is 13.0 Å².